The number of pyridine rings is 1. The van der Waals surface area contributed by atoms with Gasteiger partial charge in [0, 0.05) is 16.6 Å². The molecule has 0 N–H and O–H groups in total. The summed E-state index contributed by atoms with van der Waals surface area (Å²) in [6.45, 7) is 11.3. The first-order chi connectivity index (χ1) is 15.8. The van der Waals surface area contributed by atoms with Gasteiger partial charge in [-0.05, 0) is 64.4 Å². The number of nitrogens with zero attached hydrogens (tertiary/aromatic N) is 3. The van der Waals surface area contributed by atoms with E-state index < -0.39 is 0 Å². The largest absolute Gasteiger partial charge is 0.242 e. The van der Waals surface area contributed by atoms with Crippen molar-refractivity contribution in [2.24, 2.45) is 5.92 Å². The van der Waals surface area contributed by atoms with Gasteiger partial charge in [-0.1, -0.05) is 65.0 Å². The minimum Gasteiger partial charge on any atom is -0.242 e. The number of rotatable bonds is 4. The first-order valence-corrected chi connectivity index (χ1v) is 12.3. The first-order valence-electron chi connectivity index (χ1n) is 11.5. The van der Waals surface area contributed by atoms with E-state index in [2.05, 4.69) is 105 Å². The van der Waals surface area contributed by atoms with E-state index in [1.54, 1.807) is 17.7 Å². The zero-order chi connectivity index (χ0) is 23.2. The van der Waals surface area contributed by atoms with Crippen molar-refractivity contribution < 1.29 is 0 Å². The van der Waals surface area contributed by atoms with Crippen LogP contribution in [0.3, 0.4) is 0 Å². The second-order valence-electron chi connectivity index (χ2n) is 10.2. The number of benzene rings is 2. The van der Waals surface area contributed by atoms with Gasteiger partial charge in [-0.2, -0.15) is 0 Å². The lowest BCUT2D eigenvalue weighted by Crippen LogP contribution is -2.12. The second-order valence-corrected chi connectivity index (χ2v) is 11.2. The van der Waals surface area contributed by atoms with E-state index in [1.807, 2.05) is 0 Å². The first kappa shape index (κ1) is 21.7. The summed E-state index contributed by atoms with van der Waals surface area (Å²) in [7, 11) is 0. The summed E-state index contributed by atoms with van der Waals surface area (Å²) in [5.41, 5.74) is 5.54. The average molecular weight is 452 g/mol. The highest BCUT2D eigenvalue weighted by Crippen LogP contribution is 2.36. The van der Waals surface area contributed by atoms with Gasteiger partial charge in [0.15, 0.2) is 0 Å². The Morgan fingerprint density at radius 2 is 1.64 bits per heavy atom. The molecule has 0 amide bonds. The fraction of sp³-hybridized carbons (Fsp3) is 0.276. The van der Waals surface area contributed by atoms with Gasteiger partial charge >= 0.3 is 0 Å². The molecule has 0 bridgehead atoms. The molecule has 4 heteroatoms. The Labute approximate surface area is 199 Å². The maximum absolute atomic E-state index is 4.89. The minimum absolute atomic E-state index is 0.0380. The lowest BCUT2D eigenvalue weighted by molar-refractivity contribution is 0.596. The van der Waals surface area contributed by atoms with Crippen molar-refractivity contribution >= 4 is 32.3 Å². The van der Waals surface area contributed by atoms with Crippen LogP contribution in [0.1, 0.15) is 45.9 Å². The van der Waals surface area contributed by atoms with E-state index in [4.69, 9.17) is 4.98 Å². The molecule has 0 aliphatic rings. The lowest BCUT2D eigenvalue weighted by Gasteiger charge is -2.22. The third-order valence-electron chi connectivity index (χ3n) is 5.94. The summed E-state index contributed by atoms with van der Waals surface area (Å²) in [4.78, 5) is 16.3. The molecule has 3 nitrogen and oxygen atoms in total. The van der Waals surface area contributed by atoms with E-state index in [-0.39, 0.29) is 5.41 Å². The summed E-state index contributed by atoms with van der Waals surface area (Å²) >= 11 is 1.70. The highest BCUT2D eigenvalue weighted by Gasteiger charge is 2.19. The maximum atomic E-state index is 4.89. The van der Waals surface area contributed by atoms with Crippen LogP contribution in [0.25, 0.3) is 42.8 Å². The molecule has 3 heterocycles. The molecule has 3 aromatic heterocycles. The van der Waals surface area contributed by atoms with E-state index in [0.717, 1.165) is 38.8 Å². The Bertz CT molecular complexity index is 1460. The Morgan fingerprint density at radius 1 is 0.848 bits per heavy atom. The zero-order valence-corrected chi connectivity index (χ0v) is 20.7. The number of hydrogen-bond acceptors (Lipinski definition) is 4. The minimum atomic E-state index is 0.0380. The van der Waals surface area contributed by atoms with E-state index in [0.29, 0.717) is 5.92 Å². The van der Waals surface area contributed by atoms with Gasteiger partial charge in [-0.3, -0.25) is 0 Å². The summed E-state index contributed by atoms with van der Waals surface area (Å²) in [6.07, 6.45) is 2.68. The summed E-state index contributed by atoms with van der Waals surface area (Å²) in [5.74, 6) is 0.596. The maximum Gasteiger partial charge on any atom is 0.124 e. The van der Waals surface area contributed by atoms with Gasteiger partial charge in [0.25, 0.3) is 0 Å². The molecule has 33 heavy (non-hydrogen) atoms. The lowest BCUT2D eigenvalue weighted by atomic mass is 9.82. The second kappa shape index (κ2) is 8.35. The molecule has 0 saturated carbocycles. The number of fused-ring (bicyclic) bond motifs is 2. The van der Waals surface area contributed by atoms with Gasteiger partial charge in [0.1, 0.15) is 11.2 Å². The Hall–Kier alpha value is -3.11. The SMILES string of the molecule is CC(C)Cc1ccc2cc(-c3cc(-c4cc(C(C)(C)C)c5ccccc5c4)ncn3)sc2n1. The third-order valence-corrected chi connectivity index (χ3v) is 7.01. The smallest absolute Gasteiger partial charge is 0.124 e. The summed E-state index contributed by atoms with van der Waals surface area (Å²) < 4.78 is 0. The van der Waals surface area contributed by atoms with Crippen molar-refractivity contribution in [3.05, 3.63) is 78.2 Å². The van der Waals surface area contributed by atoms with Crippen molar-refractivity contribution in [2.75, 3.05) is 0 Å². The molecule has 5 aromatic rings. The van der Waals surface area contributed by atoms with E-state index >= 15 is 0 Å². The van der Waals surface area contributed by atoms with Crippen molar-refractivity contribution in [3.8, 4) is 21.8 Å². The molecule has 0 spiro atoms. The van der Waals surface area contributed by atoms with Crippen LogP contribution >= 0.6 is 11.3 Å². The van der Waals surface area contributed by atoms with Crippen molar-refractivity contribution in [1.82, 2.24) is 15.0 Å². The van der Waals surface area contributed by atoms with Crippen LogP contribution in [-0.2, 0) is 11.8 Å². The molecule has 0 atom stereocenters. The fourth-order valence-corrected chi connectivity index (χ4v) is 5.36. The molecule has 0 fully saturated rings. The van der Waals surface area contributed by atoms with Crippen LogP contribution in [-0.4, -0.2) is 15.0 Å². The summed E-state index contributed by atoms with van der Waals surface area (Å²) in [6, 6.07) is 21.8. The highest BCUT2D eigenvalue weighted by molar-refractivity contribution is 7.21. The molecular formula is C29H29N3S. The molecule has 0 aliphatic heterocycles. The Kier molecular flexibility index (Phi) is 5.49. The fourth-order valence-electron chi connectivity index (χ4n) is 4.34. The van der Waals surface area contributed by atoms with Gasteiger partial charge in [0.05, 0.1) is 16.3 Å². The molecule has 0 aliphatic carbocycles. The Balaban J connectivity index is 1.58. The zero-order valence-electron chi connectivity index (χ0n) is 19.9. The van der Waals surface area contributed by atoms with Crippen LogP contribution < -0.4 is 0 Å². The Morgan fingerprint density at radius 3 is 2.42 bits per heavy atom. The van der Waals surface area contributed by atoms with Crippen molar-refractivity contribution in [3.63, 3.8) is 0 Å². The highest BCUT2D eigenvalue weighted by atomic mass is 32.1. The van der Waals surface area contributed by atoms with E-state index in [1.165, 1.54) is 21.7 Å². The molecule has 0 saturated heterocycles. The molecule has 2 aromatic carbocycles. The molecule has 166 valence electrons. The normalized spacial score (nSPS) is 12.2. The third kappa shape index (κ3) is 4.40. The quantitative estimate of drug-likeness (QED) is 0.277. The molecule has 0 unspecified atom stereocenters. The van der Waals surface area contributed by atoms with Crippen molar-refractivity contribution in [2.45, 2.75) is 46.5 Å². The number of hydrogen-bond donors (Lipinski definition) is 0. The van der Waals surface area contributed by atoms with Crippen LogP contribution in [0.4, 0.5) is 0 Å². The number of aromatic nitrogens is 3. The molecule has 5 rings (SSSR count). The van der Waals surface area contributed by atoms with Gasteiger partial charge in [0.2, 0.25) is 0 Å². The summed E-state index contributed by atoms with van der Waals surface area (Å²) in [5, 5.41) is 3.71. The monoisotopic (exact) mass is 451 g/mol. The number of thiophene rings is 1. The van der Waals surface area contributed by atoms with Gasteiger partial charge in [-0.25, -0.2) is 15.0 Å². The van der Waals surface area contributed by atoms with Crippen LogP contribution in [0, 0.1) is 5.92 Å². The molecule has 0 radical (unpaired) electrons. The molecular weight excluding hydrogens is 422 g/mol. The van der Waals surface area contributed by atoms with Gasteiger partial charge < -0.3 is 0 Å². The van der Waals surface area contributed by atoms with E-state index in [9.17, 15) is 0 Å². The van der Waals surface area contributed by atoms with Gasteiger partial charge in [-0.15, -0.1) is 11.3 Å². The predicted molar refractivity (Wildman–Crippen MR) is 141 cm³/mol. The van der Waals surface area contributed by atoms with Crippen molar-refractivity contribution in [1.29, 1.82) is 0 Å². The average Bonchev–Trinajstić information content (AvgIpc) is 3.21. The topological polar surface area (TPSA) is 38.7 Å². The van der Waals surface area contributed by atoms with Crippen LogP contribution in [0.2, 0.25) is 0 Å². The van der Waals surface area contributed by atoms with Crippen LogP contribution in [0.5, 0.6) is 0 Å². The predicted octanol–water partition coefficient (Wildman–Crippen LogP) is 8.07. The standard InChI is InChI=1S/C29H29N3S/c1-18(2)12-22-11-10-20-15-27(33-28(20)32-22)26-16-25(30-17-31-26)21-13-19-8-6-7-9-23(19)24(14-21)29(3,4)5/h6-11,13-18H,12H2,1-5H3. The van der Waals surface area contributed by atoms with Crippen LogP contribution in [0.15, 0.2) is 67.0 Å².